The summed E-state index contributed by atoms with van der Waals surface area (Å²) in [5, 5.41) is 19.7. The van der Waals surface area contributed by atoms with Crippen molar-refractivity contribution in [2.45, 2.75) is 31.9 Å². The lowest BCUT2D eigenvalue weighted by atomic mass is 9.64. The molecule has 32 heavy (non-hydrogen) atoms. The lowest BCUT2D eigenvalue weighted by molar-refractivity contribution is -0.128. The Bertz CT molecular complexity index is 1170. The Hall–Kier alpha value is -3.39. The molecule has 0 amide bonds. The molecule has 1 unspecified atom stereocenters. The molecule has 0 saturated heterocycles. The van der Waals surface area contributed by atoms with E-state index in [-0.39, 0.29) is 25.1 Å². The van der Waals surface area contributed by atoms with E-state index >= 15 is 0 Å². The predicted octanol–water partition coefficient (Wildman–Crippen LogP) is 4.24. The summed E-state index contributed by atoms with van der Waals surface area (Å²) < 4.78 is 16.8. The molecule has 164 valence electrons. The van der Waals surface area contributed by atoms with Gasteiger partial charge in [0, 0.05) is 48.7 Å². The molecule has 8 heteroatoms. The summed E-state index contributed by atoms with van der Waals surface area (Å²) in [6.07, 6.45) is 0.568. The van der Waals surface area contributed by atoms with Gasteiger partial charge < -0.3 is 29.8 Å². The molecule has 2 heterocycles. The van der Waals surface area contributed by atoms with E-state index in [2.05, 4.69) is 34.7 Å². The number of esters is 1. The minimum absolute atomic E-state index is 0.108. The molecule has 7 nitrogen and oxygen atoms in total. The van der Waals surface area contributed by atoms with E-state index in [1.165, 1.54) is 7.11 Å². The molecule has 0 bridgehead atoms. The van der Waals surface area contributed by atoms with E-state index in [0.29, 0.717) is 17.8 Å². The SMILES string of the molecule is COc1ccc(C(CO)CB2Nc3cccc4cccc(c34)N2)c2c1C(=O)OC(C)(C)O2. The van der Waals surface area contributed by atoms with Gasteiger partial charge in [-0.05, 0) is 29.9 Å². The number of benzene rings is 3. The van der Waals surface area contributed by atoms with Gasteiger partial charge in [-0.15, -0.1) is 0 Å². The minimum atomic E-state index is -1.11. The number of hydrogen-bond acceptors (Lipinski definition) is 7. The van der Waals surface area contributed by atoms with Crippen LogP contribution < -0.4 is 19.9 Å². The predicted molar refractivity (Wildman–Crippen MR) is 125 cm³/mol. The number of cyclic esters (lactones) is 1. The first-order valence-corrected chi connectivity index (χ1v) is 10.7. The molecule has 3 N–H and O–H groups in total. The molecule has 0 aliphatic carbocycles. The number of methoxy groups -OCH3 is 1. The normalized spacial score (nSPS) is 16.9. The first-order chi connectivity index (χ1) is 15.4. The monoisotopic (exact) mass is 432 g/mol. The summed E-state index contributed by atoms with van der Waals surface area (Å²) in [4.78, 5) is 12.7. The second-order valence-electron chi connectivity index (χ2n) is 8.62. The summed E-state index contributed by atoms with van der Waals surface area (Å²) in [6, 6.07) is 15.9. The first-order valence-electron chi connectivity index (χ1n) is 10.7. The van der Waals surface area contributed by atoms with Crippen LogP contribution in [0.2, 0.25) is 6.32 Å². The average Bonchev–Trinajstić information content (AvgIpc) is 2.76. The number of aliphatic hydroxyl groups excluding tert-OH is 1. The number of hydrogen-bond donors (Lipinski definition) is 3. The van der Waals surface area contributed by atoms with Crippen LogP contribution in [0.15, 0.2) is 48.5 Å². The van der Waals surface area contributed by atoms with Crippen molar-refractivity contribution in [1.82, 2.24) is 0 Å². The Morgan fingerprint density at radius 3 is 2.38 bits per heavy atom. The topological polar surface area (TPSA) is 89.1 Å². The Balaban J connectivity index is 1.49. The van der Waals surface area contributed by atoms with E-state index in [0.717, 1.165) is 27.7 Å². The third-order valence-electron chi connectivity index (χ3n) is 6.00. The summed E-state index contributed by atoms with van der Waals surface area (Å²) in [6.45, 7) is 3.15. The van der Waals surface area contributed by atoms with Crippen LogP contribution in [0.5, 0.6) is 11.5 Å². The summed E-state index contributed by atoms with van der Waals surface area (Å²) in [7, 11) is 1.50. The molecule has 0 saturated carbocycles. The minimum Gasteiger partial charge on any atom is -0.496 e. The van der Waals surface area contributed by atoms with Gasteiger partial charge in [-0.25, -0.2) is 4.79 Å². The quantitative estimate of drug-likeness (QED) is 0.411. The van der Waals surface area contributed by atoms with Crippen molar-refractivity contribution in [2.24, 2.45) is 0 Å². The zero-order valence-electron chi connectivity index (χ0n) is 18.3. The third-order valence-corrected chi connectivity index (χ3v) is 6.00. The van der Waals surface area contributed by atoms with Gasteiger partial charge in [-0.3, -0.25) is 0 Å². The molecule has 3 aromatic carbocycles. The summed E-state index contributed by atoms with van der Waals surface area (Å²) in [5.74, 6) is -1.10. The van der Waals surface area contributed by atoms with Gasteiger partial charge in [0.2, 0.25) is 5.79 Å². The lowest BCUT2D eigenvalue weighted by Crippen LogP contribution is -2.41. The standard InChI is InChI=1S/C24H25BN2O5/c1-24(2)31-22-16(10-11-19(30-3)21(22)23(29)32-24)15(13-28)12-25-26-17-8-4-6-14-7-5-9-18(27-25)20(14)17/h4-11,15,26-28H,12-13H2,1-3H3. The Kier molecular flexibility index (Phi) is 4.89. The highest BCUT2D eigenvalue weighted by Crippen LogP contribution is 2.44. The van der Waals surface area contributed by atoms with Gasteiger partial charge >= 0.3 is 13.0 Å². The fraction of sp³-hybridized carbons (Fsp3) is 0.292. The van der Waals surface area contributed by atoms with Crippen LogP contribution in [-0.4, -0.2) is 37.6 Å². The van der Waals surface area contributed by atoms with Crippen LogP contribution in [0.1, 0.15) is 35.7 Å². The number of anilines is 2. The first kappa shape index (κ1) is 20.5. The Morgan fingerprint density at radius 2 is 1.75 bits per heavy atom. The van der Waals surface area contributed by atoms with E-state index in [9.17, 15) is 9.90 Å². The summed E-state index contributed by atoms with van der Waals surface area (Å²) in [5.41, 5.74) is 3.10. The van der Waals surface area contributed by atoms with E-state index in [1.807, 2.05) is 18.2 Å². The van der Waals surface area contributed by atoms with Gasteiger partial charge in [-0.2, -0.15) is 0 Å². The molecule has 0 spiro atoms. The van der Waals surface area contributed by atoms with Crippen LogP contribution in [0, 0.1) is 0 Å². The zero-order chi connectivity index (χ0) is 22.5. The molecule has 1 atom stereocenters. The second kappa shape index (κ2) is 7.64. The second-order valence-corrected chi connectivity index (χ2v) is 8.62. The Morgan fingerprint density at radius 1 is 1.06 bits per heavy atom. The smallest absolute Gasteiger partial charge is 0.370 e. The highest BCUT2D eigenvalue weighted by Gasteiger charge is 2.39. The number of nitrogens with one attached hydrogen (secondary N) is 2. The van der Waals surface area contributed by atoms with Crippen molar-refractivity contribution in [3.63, 3.8) is 0 Å². The summed E-state index contributed by atoms with van der Waals surface area (Å²) >= 11 is 0. The van der Waals surface area contributed by atoms with Crippen molar-refractivity contribution in [3.8, 4) is 11.5 Å². The van der Waals surface area contributed by atoms with Crippen LogP contribution >= 0.6 is 0 Å². The molecule has 2 aliphatic rings. The maximum absolute atomic E-state index is 12.7. The third kappa shape index (κ3) is 3.40. The molecule has 0 radical (unpaired) electrons. The average molecular weight is 432 g/mol. The van der Waals surface area contributed by atoms with Crippen molar-refractivity contribution in [2.75, 3.05) is 24.2 Å². The van der Waals surface area contributed by atoms with Crippen LogP contribution in [0.25, 0.3) is 10.8 Å². The molecule has 2 aliphatic heterocycles. The molecule has 3 aromatic rings. The molecule has 5 rings (SSSR count). The molecular weight excluding hydrogens is 407 g/mol. The van der Waals surface area contributed by atoms with Gasteiger partial charge in [0.15, 0.2) is 0 Å². The molecule has 0 aromatic heterocycles. The van der Waals surface area contributed by atoms with E-state index in [4.69, 9.17) is 14.2 Å². The van der Waals surface area contributed by atoms with Crippen molar-refractivity contribution < 1.29 is 24.1 Å². The maximum atomic E-state index is 12.7. The lowest BCUT2D eigenvalue weighted by Gasteiger charge is -2.35. The fourth-order valence-electron chi connectivity index (χ4n) is 4.61. The number of carbonyl (C=O) groups excluding carboxylic acids is 1. The largest absolute Gasteiger partial charge is 0.496 e. The highest BCUT2D eigenvalue weighted by atomic mass is 16.7. The fourth-order valence-corrected chi connectivity index (χ4v) is 4.61. The van der Waals surface area contributed by atoms with Gasteiger partial charge in [0.25, 0.3) is 0 Å². The number of aliphatic hydroxyl groups is 1. The van der Waals surface area contributed by atoms with E-state index < -0.39 is 11.8 Å². The van der Waals surface area contributed by atoms with Gasteiger partial charge in [0.1, 0.15) is 17.1 Å². The van der Waals surface area contributed by atoms with Gasteiger partial charge in [-0.1, -0.05) is 30.3 Å². The molecule has 0 fully saturated rings. The van der Waals surface area contributed by atoms with Crippen LogP contribution in [-0.2, 0) is 4.74 Å². The van der Waals surface area contributed by atoms with Crippen molar-refractivity contribution >= 4 is 35.1 Å². The zero-order valence-corrected chi connectivity index (χ0v) is 18.3. The van der Waals surface area contributed by atoms with Crippen LogP contribution in [0.4, 0.5) is 11.4 Å². The highest BCUT2D eigenvalue weighted by molar-refractivity contribution is 6.68. The Labute approximate surface area is 186 Å². The number of ether oxygens (including phenoxy) is 3. The number of rotatable bonds is 5. The molecular formula is C24H25BN2O5. The number of carbonyl (C=O) groups is 1. The van der Waals surface area contributed by atoms with Crippen LogP contribution in [0.3, 0.4) is 0 Å². The van der Waals surface area contributed by atoms with E-state index in [1.54, 1.807) is 19.9 Å². The number of fused-ring (bicyclic) bond motifs is 1. The van der Waals surface area contributed by atoms with Gasteiger partial charge in [0.05, 0.1) is 7.11 Å². The van der Waals surface area contributed by atoms with Crippen molar-refractivity contribution in [3.05, 3.63) is 59.7 Å². The van der Waals surface area contributed by atoms with Crippen molar-refractivity contribution in [1.29, 1.82) is 0 Å². The maximum Gasteiger partial charge on any atom is 0.370 e.